The Morgan fingerprint density at radius 1 is 0.891 bits per heavy atom. The predicted molar refractivity (Wildman–Crippen MR) is 169 cm³/mol. The van der Waals surface area contributed by atoms with E-state index >= 15 is 0 Å². The summed E-state index contributed by atoms with van der Waals surface area (Å²) in [6.45, 7) is 6.08. The lowest BCUT2D eigenvalue weighted by Gasteiger charge is -2.19. The van der Waals surface area contributed by atoms with Crippen LogP contribution in [0.3, 0.4) is 0 Å². The average Bonchev–Trinajstić information content (AvgIpc) is 3.23. The minimum atomic E-state index is -4.54. The number of aromatic nitrogens is 2. The second-order valence-corrected chi connectivity index (χ2v) is 11.6. The molecule has 0 saturated carbocycles. The number of halogens is 3. The van der Waals surface area contributed by atoms with Gasteiger partial charge >= 0.3 is 12.2 Å². The number of amides is 3. The number of carbonyl (C=O) groups excluding carboxylic acids is 2. The zero-order valence-electron chi connectivity index (χ0n) is 26.1. The lowest BCUT2D eigenvalue weighted by molar-refractivity contribution is -0.136. The molecule has 2 aromatic carbocycles. The van der Waals surface area contributed by atoms with Crippen molar-refractivity contribution in [3.05, 3.63) is 89.7 Å². The van der Waals surface area contributed by atoms with Crippen molar-refractivity contribution in [2.75, 3.05) is 18.1 Å². The van der Waals surface area contributed by atoms with Crippen molar-refractivity contribution >= 4 is 28.5 Å². The number of ether oxygens (including phenoxy) is 2. The third-order valence-electron chi connectivity index (χ3n) is 7.79. The van der Waals surface area contributed by atoms with Gasteiger partial charge in [-0.1, -0.05) is 49.2 Å². The molecule has 242 valence electrons. The van der Waals surface area contributed by atoms with Gasteiger partial charge in [0, 0.05) is 36.2 Å². The van der Waals surface area contributed by atoms with E-state index in [1.807, 2.05) is 44.2 Å². The zero-order valence-corrected chi connectivity index (χ0v) is 26.1. The van der Waals surface area contributed by atoms with Gasteiger partial charge in [0.2, 0.25) is 5.88 Å². The van der Waals surface area contributed by atoms with Gasteiger partial charge in [0.25, 0.3) is 5.91 Å². The molecule has 4 aromatic rings. The zero-order chi connectivity index (χ0) is 32.8. The maximum absolute atomic E-state index is 13.7. The number of pyridine rings is 2. The van der Waals surface area contributed by atoms with Crippen molar-refractivity contribution in [1.82, 2.24) is 14.9 Å². The van der Waals surface area contributed by atoms with E-state index in [0.717, 1.165) is 24.5 Å². The topological polar surface area (TPSA) is 84.9 Å². The highest BCUT2D eigenvalue weighted by Crippen LogP contribution is 2.38. The van der Waals surface area contributed by atoms with Gasteiger partial charge < -0.3 is 9.47 Å². The van der Waals surface area contributed by atoms with Crippen molar-refractivity contribution in [3.8, 4) is 11.6 Å². The maximum atomic E-state index is 13.7. The third-order valence-corrected chi connectivity index (χ3v) is 7.79. The standard InChI is InChI=1S/C35H37F3N4O4/c1-23(2)46-30-17-16-27(22-39-30)42-24(3)33(43)41(34(42)44)18-9-4-5-10-19-45-32-26(20-25-12-7-6-8-13-25)21-40-31-28(32)14-11-15-29(31)35(36,37)38/h6-8,11-17,21-24H,4-5,9-10,18-20H2,1-3H3. The summed E-state index contributed by atoms with van der Waals surface area (Å²) in [6.07, 6.45) is 1.65. The molecule has 1 aliphatic rings. The van der Waals surface area contributed by atoms with Crippen LogP contribution in [0.15, 0.2) is 73.1 Å². The smallest absolute Gasteiger partial charge is 0.418 e. The first-order valence-corrected chi connectivity index (χ1v) is 15.5. The Bertz CT molecular complexity index is 1660. The molecule has 3 heterocycles. The van der Waals surface area contributed by atoms with Gasteiger partial charge in [0.05, 0.1) is 35.7 Å². The minimum Gasteiger partial charge on any atom is -0.493 e. The molecule has 1 atom stereocenters. The van der Waals surface area contributed by atoms with Gasteiger partial charge in [0.1, 0.15) is 11.8 Å². The molecule has 0 spiro atoms. The van der Waals surface area contributed by atoms with Crippen LogP contribution in [-0.2, 0) is 17.4 Å². The van der Waals surface area contributed by atoms with E-state index in [2.05, 4.69) is 9.97 Å². The van der Waals surface area contributed by atoms with E-state index in [1.54, 1.807) is 25.1 Å². The Hall–Kier alpha value is -4.67. The van der Waals surface area contributed by atoms with Gasteiger partial charge in [-0.05, 0) is 57.4 Å². The minimum absolute atomic E-state index is 0.0339. The number of anilines is 1. The predicted octanol–water partition coefficient (Wildman–Crippen LogP) is 7.82. The molecule has 1 unspecified atom stereocenters. The Morgan fingerprint density at radius 2 is 1.65 bits per heavy atom. The van der Waals surface area contributed by atoms with Gasteiger partial charge in [-0.15, -0.1) is 0 Å². The monoisotopic (exact) mass is 634 g/mol. The van der Waals surface area contributed by atoms with E-state index in [9.17, 15) is 22.8 Å². The van der Waals surface area contributed by atoms with Crippen LogP contribution in [0.2, 0.25) is 0 Å². The van der Waals surface area contributed by atoms with Gasteiger partial charge in [0.15, 0.2) is 0 Å². The first-order valence-electron chi connectivity index (χ1n) is 15.5. The van der Waals surface area contributed by atoms with Crippen molar-refractivity contribution in [3.63, 3.8) is 0 Å². The summed E-state index contributed by atoms with van der Waals surface area (Å²) < 4.78 is 52.9. The Morgan fingerprint density at radius 3 is 2.35 bits per heavy atom. The number of nitrogens with zero attached hydrogens (tertiary/aromatic N) is 4. The Kier molecular flexibility index (Phi) is 10.1. The summed E-state index contributed by atoms with van der Waals surface area (Å²) in [5.41, 5.74) is 1.29. The largest absolute Gasteiger partial charge is 0.493 e. The summed E-state index contributed by atoms with van der Waals surface area (Å²) in [5.74, 6) is 0.589. The van der Waals surface area contributed by atoms with E-state index < -0.39 is 17.8 Å². The van der Waals surface area contributed by atoms with E-state index in [-0.39, 0.29) is 30.1 Å². The molecule has 0 N–H and O–H groups in total. The summed E-state index contributed by atoms with van der Waals surface area (Å²) >= 11 is 0. The summed E-state index contributed by atoms with van der Waals surface area (Å²) in [7, 11) is 0. The van der Waals surface area contributed by atoms with Crippen LogP contribution in [0.1, 0.15) is 63.1 Å². The second-order valence-electron chi connectivity index (χ2n) is 11.6. The number of unbranched alkanes of at least 4 members (excludes halogenated alkanes) is 3. The summed E-state index contributed by atoms with van der Waals surface area (Å²) in [6, 6.07) is 16.0. The normalized spacial score (nSPS) is 15.3. The molecule has 5 rings (SSSR count). The van der Waals surface area contributed by atoms with E-state index in [0.29, 0.717) is 54.1 Å². The van der Waals surface area contributed by atoms with E-state index in [4.69, 9.17) is 9.47 Å². The lowest BCUT2D eigenvalue weighted by atomic mass is 10.0. The van der Waals surface area contributed by atoms with Gasteiger partial charge in [-0.2, -0.15) is 13.2 Å². The highest BCUT2D eigenvalue weighted by Gasteiger charge is 2.43. The fourth-order valence-electron chi connectivity index (χ4n) is 5.57. The molecule has 0 bridgehead atoms. The molecule has 46 heavy (non-hydrogen) atoms. The SMILES string of the molecule is CC(C)Oc1ccc(N2C(=O)N(CCCCCCOc3c(Cc4ccccc4)cnc4c(C(F)(F)F)cccc34)C(=O)C2C)cn1. The Balaban J connectivity index is 1.17. The summed E-state index contributed by atoms with van der Waals surface area (Å²) in [4.78, 5) is 37.2. The fourth-order valence-corrected chi connectivity index (χ4v) is 5.57. The third kappa shape index (κ3) is 7.41. The van der Waals surface area contributed by atoms with Crippen molar-refractivity contribution in [2.45, 2.75) is 71.2 Å². The van der Waals surface area contributed by atoms with Crippen molar-refractivity contribution in [2.24, 2.45) is 0 Å². The number of benzene rings is 2. The number of hydrogen-bond donors (Lipinski definition) is 0. The molecular weight excluding hydrogens is 597 g/mol. The van der Waals surface area contributed by atoms with Crippen molar-refractivity contribution in [1.29, 1.82) is 0 Å². The molecule has 1 aliphatic heterocycles. The molecular formula is C35H37F3N4O4. The number of fused-ring (bicyclic) bond motifs is 1. The molecule has 2 aromatic heterocycles. The summed E-state index contributed by atoms with van der Waals surface area (Å²) in [5, 5.41) is 0.324. The molecule has 1 fully saturated rings. The van der Waals surface area contributed by atoms with Crippen LogP contribution in [0.5, 0.6) is 11.6 Å². The van der Waals surface area contributed by atoms with Crippen LogP contribution in [0.25, 0.3) is 10.9 Å². The number of para-hydroxylation sites is 1. The molecule has 3 amide bonds. The average molecular weight is 635 g/mol. The first-order chi connectivity index (χ1) is 22.0. The molecule has 0 radical (unpaired) electrons. The maximum Gasteiger partial charge on any atom is 0.418 e. The number of urea groups is 1. The number of hydrogen-bond acceptors (Lipinski definition) is 6. The molecule has 1 saturated heterocycles. The number of rotatable bonds is 13. The highest BCUT2D eigenvalue weighted by molar-refractivity contribution is 6.14. The Labute approximate surface area is 266 Å². The highest BCUT2D eigenvalue weighted by atomic mass is 19.4. The lowest BCUT2D eigenvalue weighted by Crippen LogP contribution is -2.34. The number of alkyl halides is 3. The van der Waals surface area contributed by atoms with Crippen LogP contribution in [0.4, 0.5) is 23.7 Å². The number of carbonyl (C=O) groups is 2. The molecule has 0 aliphatic carbocycles. The van der Waals surface area contributed by atoms with Crippen LogP contribution < -0.4 is 14.4 Å². The van der Waals surface area contributed by atoms with Gasteiger partial charge in [-0.25, -0.2) is 9.78 Å². The molecule has 8 nitrogen and oxygen atoms in total. The van der Waals surface area contributed by atoms with Crippen molar-refractivity contribution < 1.29 is 32.2 Å². The van der Waals surface area contributed by atoms with Crippen LogP contribution in [0, 0.1) is 0 Å². The quantitative estimate of drug-likeness (QED) is 0.110. The fraction of sp³-hybridized carbons (Fsp3) is 0.371. The molecule has 11 heteroatoms. The van der Waals surface area contributed by atoms with Crippen LogP contribution >= 0.6 is 0 Å². The number of imide groups is 1. The first kappa shape index (κ1) is 32.7. The second kappa shape index (κ2) is 14.2. The van der Waals surface area contributed by atoms with Gasteiger partial charge in [-0.3, -0.25) is 19.6 Å². The van der Waals surface area contributed by atoms with E-state index in [1.165, 1.54) is 28.3 Å². The van der Waals surface area contributed by atoms with Crippen LogP contribution in [-0.4, -0.2) is 52.1 Å².